The number of para-hydroxylation sites is 1. The van der Waals surface area contributed by atoms with Crippen molar-refractivity contribution in [1.82, 2.24) is 5.32 Å². The molecule has 0 atom stereocenters. The van der Waals surface area contributed by atoms with E-state index in [0.29, 0.717) is 41.5 Å². The van der Waals surface area contributed by atoms with Crippen LogP contribution in [0.5, 0.6) is 17.2 Å². The highest BCUT2D eigenvalue weighted by molar-refractivity contribution is 5.95. The quantitative estimate of drug-likeness (QED) is 0.491. The second-order valence-electron chi connectivity index (χ2n) is 6.63. The number of hydrogen-bond acceptors (Lipinski definition) is 5. The van der Waals surface area contributed by atoms with Crippen LogP contribution in [-0.4, -0.2) is 32.1 Å². The number of amides is 2. The lowest BCUT2D eigenvalue weighted by molar-refractivity contribution is 0.0945. The van der Waals surface area contributed by atoms with Crippen LogP contribution in [0.3, 0.4) is 0 Å². The van der Waals surface area contributed by atoms with E-state index in [0.717, 1.165) is 5.56 Å². The molecule has 0 unspecified atom stereocenters. The Hall–Kier alpha value is -4.00. The molecule has 2 amide bonds. The summed E-state index contributed by atoms with van der Waals surface area (Å²) in [4.78, 5) is 23.9. The predicted octanol–water partition coefficient (Wildman–Crippen LogP) is 3.18. The maximum Gasteiger partial charge on any atom is 0.252 e. The van der Waals surface area contributed by atoms with Crippen molar-refractivity contribution in [2.75, 3.05) is 20.3 Å². The zero-order valence-electron chi connectivity index (χ0n) is 17.2. The summed E-state index contributed by atoms with van der Waals surface area (Å²) in [7, 11) is 1.59. The number of hydrogen-bond donors (Lipinski definition) is 2. The van der Waals surface area contributed by atoms with Gasteiger partial charge in [-0.15, -0.1) is 0 Å². The van der Waals surface area contributed by atoms with Crippen LogP contribution in [0.25, 0.3) is 0 Å². The molecule has 7 heteroatoms. The highest BCUT2D eigenvalue weighted by atomic mass is 16.5. The van der Waals surface area contributed by atoms with Gasteiger partial charge in [-0.3, -0.25) is 9.59 Å². The Bertz CT molecular complexity index is 1050. The number of carbonyl (C=O) groups is 2. The zero-order valence-corrected chi connectivity index (χ0v) is 17.2. The van der Waals surface area contributed by atoms with Crippen LogP contribution in [0.2, 0.25) is 0 Å². The Balaban J connectivity index is 1.51. The van der Waals surface area contributed by atoms with Crippen molar-refractivity contribution in [2.45, 2.75) is 6.61 Å². The summed E-state index contributed by atoms with van der Waals surface area (Å²) in [5, 5.41) is 2.83. The van der Waals surface area contributed by atoms with E-state index in [-0.39, 0.29) is 12.5 Å². The van der Waals surface area contributed by atoms with Crippen molar-refractivity contribution >= 4 is 11.8 Å². The monoisotopic (exact) mass is 420 g/mol. The number of ether oxygens (including phenoxy) is 3. The van der Waals surface area contributed by atoms with E-state index in [1.165, 1.54) is 0 Å². The van der Waals surface area contributed by atoms with E-state index in [1.54, 1.807) is 55.6 Å². The molecule has 160 valence electrons. The Kier molecular flexibility index (Phi) is 7.48. The number of methoxy groups -OCH3 is 1. The van der Waals surface area contributed by atoms with Crippen LogP contribution in [0.1, 0.15) is 26.3 Å². The normalized spacial score (nSPS) is 10.2. The summed E-state index contributed by atoms with van der Waals surface area (Å²) >= 11 is 0. The summed E-state index contributed by atoms with van der Waals surface area (Å²) in [5.74, 6) is 1.01. The predicted molar refractivity (Wildman–Crippen MR) is 117 cm³/mol. The van der Waals surface area contributed by atoms with E-state index >= 15 is 0 Å². The highest BCUT2D eigenvalue weighted by Gasteiger charge is 2.10. The minimum atomic E-state index is -0.556. The van der Waals surface area contributed by atoms with Gasteiger partial charge in [-0.1, -0.05) is 30.3 Å². The van der Waals surface area contributed by atoms with Gasteiger partial charge >= 0.3 is 0 Å². The van der Waals surface area contributed by atoms with Crippen molar-refractivity contribution in [1.29, 1.82) is 0 Å². The van der Waals surface area contributed by atoms with Crippen LogP contribution in [-0.2, 0) is 6.61 Å². The molecule has 0 aliphatic carbocycles. The first-order chi connectivity index (χ1) is 15.1. The number of nitrogens with one attached hydrogen (secondary N) is 1. The second kappa shape index (κ2) is 10.7. The van der Waals surface area contributed by atoms with E-state index in [2.05, 4.69) is 5.32 Å². The van der Waals surface area contributed by atoms with Gasteiger partial charge in [-0.2, -0.15) is 0 Å². The molecule has 0 heterocycles. The largest absolute Gasteiger partial charge is 0.497 e. The van der Waals surface area contributed by atoms with Gasteiger partial charge < -0.3 is 25.3 Å². The van der Waals surface area contributed by atoms with Crippen LogP contribution >= 0.6 is 0 Å². The molecule has 0 spiro atoms. The van der Waals surface area contributed by atoms with E-state index < -0.39 is 5.91 Å². The number of rotatable bonds is 10. The molecule has 0 aromatic heterocycles. The Morgan fingerprint density at radius 3 is 2.48 bits per heavy atom. The smallest absolute Gasteiger partial charge is 0.252 e. The van der Waals surface area contributed by atoms with Crippen molar-refractivity contribution in [2.24, 2.45) is 5.73 Å². The Morgan fingerprint density at radius 2 is 1.68 bits per heavy atom. The van der Waals surface area contributed by atoms with Gasteiger partial charge in [0.2, 0.25) is 0 Å². The number of primary amides is 1. The average Bonchev–Trinajstić information content (AvgIpc) is 2.80. The van der Waals surface area contributed by atoms with Gasteiger partial charge in [0, 0.05) is 11.6 Å². The number of benzene rings is 3. The second-order valence-corrected chi connectivity index (χ2v) is 6.63. The van der Waals surface area contributed by atoms with Gasteiger partial charge in [0.05, 0.1) is 19.2 Å². The molecule has 0 radical (unpaired) electrons. The first kappa shape index (κ1) is 21.7. The minimum absolute atomic E-state index is 0.199. The molecule has 3 aromatic carbocycles. The molecule has 31 heavy (non-hydrogen) atoms. The van der Waals surface area contributed by atoms with Crippen molar-refractivity contribution in [3.05, 3.63) is 89.5 Å². The van der Waals surface area contributed by atoms with Crippen LogP contribution in [0, 0.1) is 0 Å². The lowest BCUT2D eigenvalue weighted by Crippen LogP contribution is -2.28. The van der Waals surface area contributed by atoms with Crippen molar-refractivity contribution in [3.8, 4) is 17.2 Å². The SMILES string of the molecule is COc1cccc(OCCNC(=O)c2cccc(COc3ccccc3C(N)=O)c2)c1. The summed E-state index contributed by atoms with van der Waals surface area (Å²) in [6.45, 7) is 0.874. The van der Waals surface area contributed by atoms with Crippen LogP contribution in [0.4, 0.5) is 0 Å². The van der Waals surface area contributed by atoms with E-state index in [9.17, 15) is 9.59 Å². The molecule has 0 saturated carbocycles. The third-order valence-corrected chi connectivity index (χ3v) is 4.43. The molecule has 0 fully saturated rings. The fourth-order valence-corrected chi connectivity index (χ4v) is 2.89. The maximum atomic E-state index is 12.4. The lowest BCUT2D eigenvalue weighted by atomic mass is 10.1. The maximum absolute atomic E-state index is 12.4. The third-order valence-electron chi connectivity index (χ3n) is 4.43. The molecule has 0 aliphatic heterocycles. The van der Waals surface area contributed by atoms with Gasteiger partial charge in [-0.25, -0.2) is 0 Å². The van der Waals surface area contributed by atoms with Gasteiger partial charge in [0.25, 0.3) is 11.8 Å². The van der Waals surface area contributed by atoms with Crippen LogP contribution in [0.15, 0.2) is 72.8 Å². The Labute approximate surface area is 180 Å². The fraction of sp³-hybridized carbons (Fsp3) is 0.167. The van der Waals surface area contributed by atoms with Crippen molar-refractivity contribution < 1.29 is 23.8 Å². The summed E-state index contributed by atoms with van der Waals surface area (Å²) in [6.07, 6.45) is 0. The summed E-state index contributed by atoms with van der Waals surface area (Å²) in [5.41, 5.74) is 6.98. The van der Waals surface area contributed by atoms with E-state index in [1.807, 2.05) is 24.3 Å². The van der Waals surface area contributed by atoms with Gasteiger partial charge in [0.1, 0.15) is 30.5 Å². The summed E-state index contributed by atoms with van der Waals surface area (Å²) < 4.78 is 16.5. The fourth-order valence-electron chi connectivity index (χ4n) is 2.89. The molecule has 3 N–H and O–H groups in total. The first-order valence-corrected chi connectivity index (χ1v) is 9.72. The first-order valence-electron chi connectivity index (χ1n) is 9.72. The third kappa shape index (κ3) is 6.24. The molecule has 3 rings (SSSR count). The molecular weight excluding hydrogens is 396 g/mol. The average molecular weight is 420 g/mol. The molecule has 0 saturated heterocycles. The van der Waals surface area contributed by atoms with E-state index in [4.69, 9.17) is 19.9 Å². The minimum Gasteiger partial charge on any atom is -0.497 e. The highest BCUT2D eigenvalue weighted by Crippen LogP contribution is 2.20. The standard InChI is InChI=1S/C24H24N2O5/c1-29-19-8-5-9-20(15-19)30-13-12-26-24(28)18-7-4-6-17(14-18)16-31-22-11-3-2-10-21(22)23(25)27/h2-11,14-15H,12-13,16H2,1H3,(H2,25,27)(H,26,28). The van der Waals surface area contributed by atoms with Crippen molar-refractivity contribution in [3.63, 3.8) is 0 Å². The summed E-state index contributed by atoms with van der Waals surface area (Å²) in [6, 6.07) is 21.1. The zero-order chi connectivity index (χ0) is 22.1. The topological polar surface area (TPSA) is 99.9 Å². The molecule has 0 aliphatic rings. The molecule has 7 nitrogen and oxygen atoms in total. The van der Waals surface area contributed by atoms with Crippen LogP contribution < -0.4 is 25.3 Å². The van der Waals surface area contributed by atoms with Gasteiger partial charge in [0.15, 0.2) is 0 Å². The molecule has 3 aromatic rings. The van der Waals surface area contributed by atoms with Gasteiger partial charge in [-0.05, 0) is 42.0 Å². The number of nitrogens with two attached hydrogens (primary N) is 1. The Morgan fingerprint density at radius 1 is 0.903 bits per heavy atom. The molecular formula is C24H24N2O5. The molecule has 0 bridgehead atoms. The lowest BCUT2D eigenvalue weighted by Gasteiger charge is -2.11. The number of carbonyl (C=O) groups excluding carboxylic acids is 2.